The highest BCUT2D eigenvalue weighted by atomic mass is 32.1. The van der Waals surface area contributed by atoms with Gasteiger partial charge in [-0.15, -0.1) is 0 Å². The number of nitrogens with one attached hydrogen (secondary N) is 2. The third-order valence-electron chi connectivity index (χ3n) is 6.54. The molecule has 2 aromatic carbocycles. The summed E-state index contributed by atoms with van der Waals surface area (Å²) in [6.07, 6.45) is 8.53. The number of fused-ring (bicyclic) bond motifs is 1. The SMILES string of the molecule is Nc1ccccc1NC(=O)c1ccc(Nc2ncc(-c3cnc4ccc(CN5CCCC5)cn34)s2)cc1. The second kappa shape index (κ2) is 10.0. The number of benzene rings is 2. The summed E-state index contributed by atoms with van der Waals surface area (Å²) in [6, 6.07) is 18.7. The van der Waals surface area contributed by atoms with Crippen LogP contribution in [-0.4, -0.2) is 38.3 Å². The number of imidazole rings is 1. The van der Waals surface area contributed by atoms with Gasteiger partial charge in [-0.2, -0.15) is 0 Å². The average molecular weight is 510 g/mol. The van der Waals surface area contributed by atoms with E-state index in [1.807, 2.05) is 36.7 Å². The van der Waals surface area contributed by atoms with Gasteiger partial charge in [0, 0.05) is 30.2 Å². The Morgan fingerprint density at radius 1 is 0.973 bits per heavy atom. The molecule has 3 aromatic heterocycles. The first-order valence-electron chi connectivity index (χ1n) is 12.3. The van der Waals surface area contributed by atoms with Crippen molar-refractivity contribution >= 4 is 45.1 Å². The Bertz CT molecular complexity index is 1550. The van der Waals surface area contributed by atoms with Crippen molar-refractivity contribution in [1.82, 2.24) is 19.3 Å². The Morgan fingerprint density at radius 3 is 2.59 bits per heavy atom. The molecule has 1 fully saturated rings. The molecule has 0 aliphatic carbocycles. The van der Waals surface area contributed by atoms with Crippen molar-refractivity contribution in [2.75, 3.05) is 29.5 Å². The maximum atomic E-state index is 12.6. The number of aromatic nitrogens is 3. The van der Waals surface area contributed by atoms with E-state index in [1.54, 1.807) is 35.6 Å². The molecule has 37 heavy (non-hydrogen) atoms. The van der Waals surface area contributed by atoms with Crippen LogP contribution in [0.15, 0.2) is 79.3 Å². The second-order valence-corrected chi connectivity index (χ2v) is 10.2. The molecular formula is C28H27N7OS. The molecule has 0 bridgehead atoms. The quantitative estimate of drug-likeness (QED) is 0.246. The fourth-order valence-corrected chi connectivity index (χ4v) is 5.43. The maximum absolute atomic E-state index is 12.6. The smallest absolute Gasteiger partial charge is 0.255 e. The number of anilines is 4. The van der Waals surface area contributed by atoms with E-state index in [0.717, 1.165) is 33.6 Å². The van der Waals surface area contributed by atoms with Crippen LogP contribution in [0.25, 0.3) is 16.2 Å². The molecule has 186 valence electrons. The van der Waals surface area contributed by atoms with Crippen LogP contribution >= 0.6 is 11.3 Å². The zero-order valence-corrected chi connectivity index (χ0v) is 21.0. The third kappa shape index (κ3) is 5.04. The number of amides is 1. The Kier molecular flexibility index (Phi) is 6.30. The number of carbonyl (C=O) groups is 1. The van der Waals surface area contributed by atoms with E-state index in [2.05, 4.69) is 48.2 Å². The van der Waals surface area contributed by atoms with E-state index < -0.39 is 0 Å². The van der Waals surface area contributed by atoms with Gasteiger partial charge in [-0.3, -0.25) is 14.1 Å². The summed E-state index contributed by atoms with van der Waals surface area (Å²) < 4.78 is 2.15. The molecular weight excluding hydrogens is 482 g/mol. The van der Waals surface area contributed by atoms with Crippen LogP contribution in [0.3, 0.4) is 0 Å². The number of likely N-dealkylation sites (tertiary alicyclic amines) is 1. The Hall–Kier alpha value is -4.21. The van der Waals surface area contributed by atoms with Crippen molar-refractivity contribution in [1.29, 1.82) is 0 Å². The molecule has 9 heteroatoms. The van der Waals surface area contributed by atoms with Crippen LogP contribution in [0.4, 0.5) is 22.2 Å². The number of hydrogen-bond acceptors (Lipinski definition) is 7. The summed E-state index contributed by atoms with van der Waals surface area (Å²) in [4.78, 5) is 25.3. The number of nitrogens with two attached hydrogens (primary N) is 1. The van der Waals surface area contributed by atoms with Crippen molar-refractivity contribution in [2.24, 2.45) is 0 Å². The van der Waals surface area contributed by atoms with Crippen molar-refractivity contribution < 1.29 is 4.79 Å². The number of carbonyl (C=O) groups excluding carboxylic acids is 1. The van der Waals surface area contributed by atoms with Gasteiger partial charge in [0.05, 0.1) is 28.1 Å². The highest BCUT2D eigenvalue weighted by Gasteiger charge is 2.15. The second-order valence-electron chi connectivity index (χ2n) is 9.17. The monoisotopic (exact) mass is 509 g/mol. The minimum Gasteiger partial charge on any atom is -0.397 e. The zero-order chi connectivity index (χ0) is 25.2. The fraction of sp³-hybridized carbons (Fsp3) is 0.179. The van der Waals surface area contributed by atoms with Crippen LogP contribution in [0.2, 0.25) is 0 Å². The Labute approximate surface area is 218 Å². The van der Waals surface area contributed by atoms with Crippen LogP contribution in [0.5, 0.6) is 0 Å². The largest absolute Gasteiger partial charge is 0.397 e. The standard InChI is InChI=1S/C28H27N7OS/c29-22-5-1-2-6-23(22)33-27(36)20-8-10-21(11-9-20)32-28-31-16-25(37-28)24-15-30-26-12-7-19(18-35(24)26)17-34-13-3-4-14-34/h1-2,5-12,15-16,18H,3-4,13-14,17,29H2,(H,31,32)(H,33,36). The predicted molar refractivity (Wildman–Crippen MR) is 149 cm³/mol. The van der Waals surface area contributed by atoms with Crippen molar-refractivity contribution in [2.45, 2.75) is 19.4 Å². The Balaban J connectivity index is 1.15. The van der Waals surface area contributed by atoms with Crippen LogP contribution in [0, 0.1) is 0 Å². The lowest BCUT2D eigenvalue weighted by atomic mass is 10.2. The van der Waals surface area contributed by atoms with Gasteiger partial charge in [-0.1, -0.05) is 29.5 Å². The Morgan fingerprint density at radius 2 is 1.78 bits per heavy atom. The van der Waals surface area contributed by atoms with Crippen LogP contribution < -0.4 is 16.4 Å². The van der Waals surface area contributed by atoms with E-state index in [4.69, 9.17) is 5.73 Å². The number of hydrogen-bond donors (Lipinski definition) is 3. The molecule has 0 spiro atoms. The minimum atomic E-state index is -0.210. The highest BCUT2D eigenvalue weighted by Crippen LogP contribution is 2.31. The van der Waals surface area contributed by atoms with E-state index >= 15 is 0 Å². The molecule has 4 N–H and O–H groups in total. The van der Waals surface area contributed by atoms with E-state index in [1.165, 1.54) is 31.5 Å². The molecule has 0 unspecified atom stereocenters. The summed E-state index contributed by atoms with van der Waals surface area (Å²) in [7, 11) is 0. The van der Waals surface area contributed by atoms with Gasteiger partial charge in [0.2, 0.25) is 0 Å². The lowest BCUT2D eigenvalue weighted by Gasteiger charge is -2.14. The van der Waals surface area contributed by atoms with Crippen molar-refractivity contribution in [3.63, 3.8) is 0 Å². The van der Waals surface area contributed by atoms with Crippen molar-refractivity contribution in [3.8, 4) is 10.6 Å². The van der Waals surface area contributed by atoms with Gasteiger partial charge in [-0.05, 0) is 74.0 Å². The molecule has 1 amide bonds. The molecule has 0 atom stereocenters. The minimum absolute atomic E-state index is 0.210. The first-order valence-corrected chi connectivity index (χ1v) is 13.1. The molecule has 6 rings (SSSR count). The molecule has 0 saturated carbocycles. The molecule has 4 heterocycles. The lowest BCUT2D eigenvalue weighted by Crippen LogP contribution is -2.18. The van der Waals surface area contributed by atoms with Crippen molar-refractivity contribution in [3.05, 3.63) is 90.4 Å². The molecule has 8 nitrogen and oxygen atoms in total. The number of rotatable bonds is 7. The van der Waals surface area contributed by atoms with E-state index in [0.29, 0.717) is 16.9 Å². The summed E-state index contributed by atoms with van der Waals surface area (Å²) >= 11 is 1.57. The van der Waals surface area contributed by atoms with Gasteiger partial charge >= 0.3 is 0 Å². The first kappa shape index (κ1) is 23.2. The highest BCUT2D eigenvalue weighted by molar-refractivity contribution is 7.18. The average Bonchev–Trinajstić information content (AvgIpc) is 3.67. The van der Waals surface area contributed by atoms with E-state index in [-0.39, 0.29) is 5.91 Å². The number of para-hydroxylation sites is 2. The lowest BCUT2D eigenvalue weighted by molar-refractivity contribution is 0.102. The zero-order valence-electron chi connectivity index (χ0n) is 20.2. The van der Waals surface area contributed by atoms with Crippen LogP contribution in [-0.2, 0) is 6.54 Å². The van der Waals surface area contributed by atoms with Gasteiger partial charge in [0.15, 0.2) is 5.13 Å². The van der Waals surface area contributed by atoms with E-state index in [9.17, 15) is 4.79 Å². The predicted octanol–water partition coefficient (Wildman–Crippen LogP) is 5.63. The maximum Gasteiger partial charge on any atom is 0.255 e. The first-order chi connectivity index (χ1) is 18.1. The summed E-state index contributed by atoms with van der Waals surface area (Å²) in [5.74, 6) is -0.210. The van der Waals surface area contributed by atoms with Crippen LogP contribution in [0.1, 0.15) is 28.8 Å². The fourth-order valence-electron chi connectivity index (χ4n) is 4.58. The normalized spacial score (nSPS) is 13.7. The number of nitrogens with zero attached hydrogens (tertiary/aromatic N) is 4. The van der Waals surface area contributed by atoms with Gasteiger partial charge < -0.3 is 16.4 Å². The molecule has 1 aliphatic rings. The molecule has 1 aliphatic heterocycles. The number of thiazole rings is 1. The number of pyridine rings is 1. The van der Waals surface area contributed by atoms with Gasteiger partial charge in [0.1, 0.15) is 5.65 Å². The summed E-state index contributed by atoms with van der Waals surface area (Å²) in [5, 5.41) is 6.96. The number of nitrogen functional groups attached to an aromatic ring is 1. The third-order valence-corrected chi connectivity index (χ3v) is 7.47. The van der Waals surface area contributed by atoms with Gasteiger partial charge in [0.25, 0.3) is 5.91 Å². The molecule has 5 aromatic rings. The summed E-state index contributed by atoms with van der Waals surface area (Å²) in [6.45, 7) is 3.31. The molecule has 1 saturated heterocycles. The summed E-state index contributed by atoms with van der Waals surface area (Å²) in [5.41, 5.74) is 11.7. The topological polar surface area (TPSA) is 101 Å². The van der Waals surface area contributed by atoms with Gasteiger partial charge in [-0.25, -0.2) is 9.97 Å². The molecule has 0 radical (unpaired) electrons.